The van der Waals surface area contributed by atoms with E-state index >= 15 is 0 Å². The monoisotopic (exact) mass is 405 g/mol. The number of carbonyl (C=O) groups is 2. The van der Waals surface area contributed by atoms with Gasteiger partial charge in [-0.2, -0.15) is 5.26 Å². The zero-order valence-electron chi connectivity index (χ0n) is 16.9. The van der Waals surface area contributed by atoms with Crippen LogP contribution in [0.1, 0.15) is 53.1 Å². The summed E-state index contributed by atoms with van der Waals surface area (Å²) in [6, 6.07) is 15.0. The fraction of sp³-hybridized carbons (Fsp3) is 0.261. The van der Waals surface area contributed by atoms with Gasteiger partial charge in [-0.15, -0.1) is 0 Å². The van der Waals surface area contributed by atoms with Crippen LogP contribution >= 0.6 is 0 Å². The molecule has 0 fully saturated rings. The summed E-state index contributed by atoms with van der Waals surface area (Å²) in [5.41, 5.74) is 1.09. The van der Waals surface area contributed by atoms with E-state index in [0.29, 0.717) is 0 Å². The van der Waals surface area contributed by atoms with Crippen molar-refractivity contribution in [2.45, 2.75) is 32.7 Å². The van der Waals surface area contributed by atoms with E-state index in [1.807, 2.05) is 43.3 Å². The van der Waals surface area contributed by atoms with E-state index in [1.165, 1.54) is 0 Å². The number of nitrogens with one attached hydrogen (secondary N) is 1. The first-order valence-corrected chi connectivity index (χ1v) is 9.73. The lowest BCUT2D eigenvalue weighted by Crippen LogP contribution is -2.32. The van der Waals surface area contributed by atoms with Gasteiger partial charge in [0, 0.05) is 12.4 Å². The van der Waals surface area contributed by atoms with Crippen LogP contribution in [0.3, 0.4) is 0 Å². The number of esters is 1. The summed E-state index contributed by atoms with van der Waals surface area (Å²) in [6.45, 7) is 3.17. The Bertz CT molecular complexity index is 1050. The maximum Gasteiger partial charge on any atom is 0.343 e. The second-order valence-electron chi connectivity index (χ2n) is 6.81. The molecule has 0 unspecified atom stereocenters. The van der Waals surface area contributed by atoms with E-state index in [2.05, 4.69) is 5.32 Å². The van der Waals surface area contributed by atoms with Crippen molar-refractivity contribution in [1.29, 1.82) is 5.26 Å². The Hall–Kier alpha value is -3.79. The van der Waals surface area contributed by atoms with Gasteiger partial charge in [0.2, 0.25) is 5.88 Å². The highest BCUT2D eigenvalue weighted by molar-refractivity contribution is 5.95. The minimum absolute atomic E-state index is 0.0298. The van der Waals surface area contributed by atoms with Crippen molar-refractivity contribution in [2.24, 2.45) is 0 Å². The number of carbonyl (C=O) groups excluding carboxylic acids is 2. The first kappa shape index (κ1) is 20.9. The molecular formula is C23H23N3O4. The SMILES string of the molecule is CCC[C@@H](NC(=O)COC(=O)c1c(C)oc(-n2cccc2)c1C#N)c1ccccc1. The van der Waals surface area contributed by atoms with Gasteiger partial charge in [-0.25, -0.2) is 4.79 Å². The summed E-state index contributed by atoms with van der Waals surface area (Å²) in [5.74, 6) is -0.679. The molecule has 7 heteroatoms. The largest absolute Gasteiger partial charge is 0.452 e. The van der Waals surface area contributed by atoms with Crippen LogP contribution in [0.5, 0.6) is 0 Å². The minimum Gasteiger partial charge on any atom is -0.452 e. The first-order chi connectivity index (χ1) is 14.5. The Labute approximate surface area is 174 Å². The highest BCUT2D eigenvalue weighted by atomic mass is 16.5. The molecule has 7 nitrogen and oxygen atoms in total. The highest BCUT2D eigenvalue weighted by Crippen LogP contribution is 2.26. The normalized spacial score (nSPS) is 11.5. The third-order valence-corrected chi connectivity index (χ3v) is 4.67. The fourth-order valence-electron chi connectivity index (χ4n) is 3.27. The van der Waals surface area contributed by atoms with Gasteiger partial charge in [0.25, 0.3) is 5.91 Å². The number of hydrogen-bond acceptors (Lipinski definition) is 5. The number of aryl methyl sites for hydroxylation is 1. The molecule has 1 aromatic carbocycles. The molecule has 0 saturated heterocycles. The van der Waals surface area contributed by atoms with Crippen LogP contribution in [0.4, 0.5) is 0 Å². The summed E-state index contributed by atoms with van der Waals surface area (Å²) in [4.78, 5) is 25.0. The summed E-state index contributed by atoms with van der Waals surface area (Å²) in [5, 5.41) is 12.4. The van der Waals surface area contributed by atoms with Crippen LogP contribution < -0.4 is 5.32 Å². The number of nitriles is 1. The number of aromatic nitrogens is 1. The molecular weight excluding hydrogens is 382 g/mol. The minimum atomic E-state index is -0.770. The Kier molecular flexibility index (Phi) is 6.71. The summed E-state index contributed by atoms with van der Waals surface area (Å²) in [7, 11) is 0. The average molecular weight is 405 g/mol. The van der Waals surface area contributed by atoms with Crippen molar-refractivity contribution >= 4 is 11.9 Å². The van der Waals surface area contributed by atoms with Crippen LogP contribution in [0.25, 0.3) is 5.88 Å². The van der Waals surface area contributed by atoms with Gasteiger partial charge in [-0.1, -0.05) is 43.7 Å². The summed E-state index contributed by atoms with van der Waals surface area (Å²) >= 11 is 0. The lowest BCUT2D eigenvalue weighted by molar-refractivity contribution is -0.125. The quantitative estimate of drug-likeness (QED) is 0.570. The van der Waals surface area contributed by atoms with Gasteiger partial charge in [-0.3, -0.25) is 9.36 Å². The Morgan fingerprint density at radius 1 is 1.20 bits per heavy atom. The summed E-state index contributed by atoms with van der Waals surface area (Å²) < 4.78 is 12.4. The molecule has 154 valence electrons. The van der Waals surface area contributed by atoms with Gasteiger partial charge in [0.1, 0.15) is 23.0 Å². The van der Waals surface area contributed by atoms with Crippen LogP contribution in [-0.2, 0) is 9.53 Å². The smallest absolute Gasteiger partial charge is 0.343 e. The highest BCUT2D eigenvalue weighted by Gasteiger charge is 2.26. The number of furan rings is 1. The molecule has 30 heavy (non-hydrogen) atoms. The number of amides is 1. The van der Waals surface area contributed by atoms with Crippen LogP contribution in [0, 0.1) is 18.3 Å². The van der Waals surface area contributed by atoms with Crippen molar-refractivity contribution in [2.75, 3.05) is 6.61 Å². The second-order valence-corrected chi connectivity index (χ2v) is 6.81. The van der Waals surface area contributed by atoms with Crippen LogP contribution in [0.2, 0.25) is 0 Å². The first-order valence-electron chi connectivity index (χ1n) is 9.73. The third kappa shape index (κ3) is 4.61. The average Bonchev–Trinajstić information content (AvgIpc) is 3.39. The second kappa shape index (κ2) is 9.61. The van der Waals surface area contributed by atoms with Gasteiger partial charge in [-0.05, 0) is 31.0 Å². The van der Waals surface area contributed by atoms with Crippen molar-refractivity contribution in [3.63, 3.8) is 0 Å². The summed E-state index contributed by atoms with van der Waals surface area (Å²) in [6.07, 6.45) is 5.07. The Morgan fingerprint density at radius 2 is 1.90 bits per heavy atom. The predicted molar refractivity (Wildman–Crippen MR) is 110 cm³/mol. The number of rotatable bonds is 8. The molecule has 0 aliphatic rings. The van der Waals surface area contributed by atoms with Crippen molar-refractivity contribution in [3.05, 3.63) is 77.3 Å². The van der Waals surface area contributed by atoms with Gasteiger partial charge >= 0.3 is 5.97 Å². The van der Waals surface area contributed by atoms with Crippen molar-refractivity contribution in [1.82, 2.24) is 9.88 Å². The lowest BCUT2D eigenvalue weighted by Gasteiger charge is -2.18. The maximum absolute atomic E-state index is 12.6. The molecule has 0 saturated carbocycles. The topological polar surface area (TPSA) is 97.3 Å². The van der Waals surface area contributed by atoms with Crippen molar-refractivity contribution in [3.8, 4) is 12.0 Å². The molecule has 1 amide bonds. The van der Waals surface area contributed by atoms with Gasteiger partial charge < -0.3 is 14.5 Å². The molecule has 1 atom stereocenters. The van der Waals surface area contributed by atoms with E-state index in [-0.39, 0.29) is 28.8 Å². The standard InChI is InChI=1S/C23H23N3O4/c1-3-9-19(17-10-5-4-6-11-17)25-20(27)15-29-23(28)21-16(2)30-22(18(21)14-24)26-12-7-8-13-26/h4-8,10-13,19H,3,9,15H2,1-2H3,(H,25,27)/t19-/m1/s1. The molecule has 3 aromatic rings. The zero-order valence-corrected chi connectivity index (χ0v) is 16.9. The van der Waals surface area contributed by atoms with Crippen molar-refractivity contribution < 1.29 is 18.7 Å². The molecule has 0 aliphatic heterocycles. The maximum atomic E-state index is 12.6. The molecule has 1 N–H and O–H groups in total. The van der Waals surface area contributed by atoms with Gasteiger partial charge in [0.15, 0.2) is 6.61 Å². The lowest BCUT2D eigenvalue weighted by atomic mass is 10.0. The van der Waals surface area contributed by atoms with Crippen LogP contribution in [0.15, 0.2) is 59.3 Å². The van der Waals surface area contributed by atoms with E-state index in [0.717, 1.165) is 18.4 Å². The number of nitrogens with zero attached hydrogens (tertiary/aromatic N) is 2. The van der Waals surface area contributed by atoms with E-state index in [1.54, 1.807) is 36.0 Å². The molecule has 2 heterocycles. The van der Waals surface area contributed by atoms with E-state index in [9.17, 15) is 14.9 Å². The fourth-order valence-corrected chi connectivity index (χ4v) is 3.27. The van der Waals surface area contributed by atoms with E-state index in [4.69, 9.17) is 9.15 Å². The van der Waals surface area contributed by atoms with Crippen LogP contribution in [-0.4, -0.2) is 23.1 Å². The zero-order chi connectivity index (χ0) is 21.5. The Morgan fingerprint density at radius 3 is 2.53 bits per heavy atom. The third-order valence-electron chi connectivity index (χ3n) is 4.67. The molecule has 0 bridgehead atoms. The molecule has 3 rings (SSSR count). The Balaban J connectivity index is 1.68. The van der Waals surface area contributed by atoms with Gasteiger partial charge in [0.05, 0.1) is 6.04 Å². The number of ether oxygens (including phenoxy) is 1. The predicted octanol–water partition coefficient (Wildman–Crippen LogP) is 4.06. The van der Waals surface area contributed by atoms with E-state index < -0.39 is 18.5 Å². The molecule has 0 radical (unpaired) electrons. The number of benzene rings is 1. The number of hydrogen-bond donors (Lipinski definition) is 1. The molecule has 2 aromatic heterocycles. The molecule has 0 spiro atoms. The molecule has 0 aliphatic carbocycles.